The van der Waals surface area contributed by atoms with Crippen LogP contribution in [-0.4, -0.2) is 27.2 Å². The predicted octanol–water partition coefficient (Wildman–Crippen LogP) is 4.08. The topological polar surface area (TPSA) is 84.5 Å². The molecule has 174 valence electrons. The fraction of sp³-hybridized carbons (Fsp3) is 0.250. The molecule has 6 nitrogen and oxygen atoms in total. The van der Waals surface area contributed by atoms with Gasteiger partial charge in [0, 0.05) is 18.2 Å². The van der Waals surface area contributed by atoms with Crippen molar-refractivity contribution in [1.82, 2.24) is 5.32 Å². The second-order valence-electron chi connectivity index (χ2n) is 6.54. The molecular weight excluding hydrogens is 459 g/mol. The van der Waals surface area contributed by atoms with Crippen LogP contribution in [0.25, 0.3) is 6.08 Å². The van der Waals surface area contributed by atoms with Crippen molar-refractivity contribution < 1.29 is 39.9 Å². The van der Waals surface area contributed by atoms with E-state index in [9.17, 15) is 35.2 Å². The van der Waals surface area contributed by atoms with E-state index in [2.05, 4.69) is 5.32 Å². The zero-order valence-electron chi connectivity index (χ0n) is 16.9. The van der Waals surface area contributed by atoms with Gasteiger partial charge in [-0.3, -0.25) is 9.52 Å². The maximum Gasteiger partial charge on any atom is 0.416 e. The summed E-state index contributed by atoms with van der Waals surface area (Å²) in [4.78, 5) is 12.0. The molecule has 32 heavy (non-hydrogen) atoms. The quantitative estimate of drug-likeness (QED) is 0.442. The van der Waals surface area contributed by atoms with Gasteiger partial charge >= 0.3 is 6.18 Å². The van der Waals surface area contributed by atoms with E-state index in [4.69, 9.17) is 4.74 Å². The molecule has 0 atom stereocenters. The van der Waals surface area contributed by atoms with E-state index < -0.39 is 45.0 Å². The van der Waals surface area contributed by atoms with Crippen molar-refractivity contribution in [3.63, 3.8) is 0 Å². The number of ether oxygens (including phenoxy) is 1. The van der Waals surface area contributed by atoms with Crippen LogP contribution in [0.1, 0.15) is 23.6 Å². The van der Waals surface area contributed by atoms with Crippen molar-refractivity contribution in [3.05, 3.63) is 64.7 Å². The van der Waals surface area contributed by atoms with E-state index in [1.807, 2.05) is 0 Å². The lowest BCUT2D eigenvalue weighted by atomic mass is 10.1. The summed E-state index contributed by atoms with van der Waals surface area (Å²) in [5.41, 5.74) is -1.50. The SMILES string of the molecule is CCOc1cc(C(F)(F)F)ccc1/C=C\C(=O)NCc1cc(F)c(NS(C)(=O)=O)c(F)c1. The second-order valence-corrected chi connectivity index (χ2v) is 8.29. The largest absolute Gasteiger partial charge is 0.493 e. The fourth-order valence-electron chi connectivity index (χ4n) is 2.55. The van der Waals surface area contributed by atoms with Gasteiger partial charge in [0.25, 0.3) is 0 Å². The molecule has 1 amide bonds. The molecular formula is C20H19F5N2O4S. The first-order valence-electron chi connectivity index (χ1n) is 9.06. The molecule has 0 bridgehead atoms. The van der Waals surface area contributed by atoms with Crippen molar-refractivity contribution in [3.8, 4) is 5.75 Å². The van der Waals surface area contributed by atoms with E-state index in [-0.39, 0.29) is 30.0 Å². The Morgan fingerprint density at radius 2 is 1.75 bits per heavy atom. The first kappa shape index (κ1) is 25.1. The third-order valence-corrected chi connectivity index (χ3v) is 4.49. The molecule has 0 unspecified atom stereocenters. The maximum absolute atomic E-state index is 14.0. The normalized spacial score (nSPS) is 12.1. The molecule has 0 spiro atoms. The number of hydrogen-bond acceptors (Lipinski definition) is 4. The Kier molecular flexibility index (Phi) is 7.83. The minimum absolute atomic E-state index is 0.0188. The number of halogens is 5. The van der Waals surface area contributed by atoms with Crippen LogP contribution in [0.4, 0.5) is 27.6 Å². The van der Waals surface area contributed by atoms with Gasteiger partial charge in [-0.25, -0.2) is 17.2 Å². The van der Waals surface area contributed by atoms with Gasteiger partial charge in [-0.2, -0.15) is 13.2 Å². The Bertz CT molecular complexity index is 1110. The third-order valence-electron chi connectivity index (χ3n) is 3.91. The Morgan fingerprint density at radius 1 is 1.12 bits per heavy atom. The molecule has 0 aliphatic heterocycles. The number of carbonyl (C=O) groups excluding carboxylic acids is 1. The molecule has 0 fully saturated rings. The van der Waals surface area contributed by atoms with Crippen LogP contribution in [0, 0.1) is 11.6 Å². The van der Waals surface area contributed by atoms with E-state index in [0.29, 0.717) is 0 Å². The maximum atomic E-state index is 14.0. The summed E-state index contributed by atoms with van der Waals surface area (Å²) >= 11 is 0. The predicted molar refractivity (Wildman–Crippen MR) is 108 cm³/mol. The highest BCUT2D eigenvalue weighted by Gasteiger charge is 2.31. The van der Waals surface area contributed by atoms with Crippen LogP contribution in [0.5, 0.6) is 5.75 Å². The molecule has 0 heterocycles. The summed E-state index contributed by atoms with van der Waals surface area (Å²) in [5, 5.41) is 2.36. The summed E-state index contributed by atoms with van der Waals surface area (Å²) < 4.78 is 95.7. The number of rotatable bonds is 8. The molecule has 2 rings (SSSR count). The van der Waals surface area contributed by atoms with Gasteiger partial charge < -0.3 is 10.1 Å². The van der Waals surface area contributed by atoms with Crippen molar-refractivity contribution in [2.24, 2.45) is 0 Å². The van der Waals surface area contributed by atoms with Crippen molar-refractivity contribution in [2.45, 2.75) is 19.6 Å². The summed E-state index contributed by atoms with van der Waals surface area (Å²) in [6.07, 6.45) is -1.55. The average Bonchev–Trinajstić information content (AvgIpc) is 2.67. The number of carbonyl (C=O) groups is 1. The molecule has 2 aromatic rings. The Balaban J connectivity index is 2.10. The van der Waals surface area contributed by atoms with E-state index in [0.717, 1.165) is 42.7 Å². The summed E-state index contributed by atoms with van der Waals surface area (Å²) in [5.74, 6) is -3.08. The zero-order valence-corrected chi connectivity index (χ0v) is 17.7. The van der Waals surface area contributed by atoms with E-state index >= 15 is 0 Å². The molecule has 0 aliphatic carbocycles. The van der Waals surface area contributed by atoms with Crippen molar-refractivity contribution in [1.29, 1.82) is 0 Å². The highest BCUT2D eigenvalue weighted by Crippen LogP contribution is 2.33. The van der Waals surface area contributed by atoms with E-state index in [1.54, 1.807) is 11.6 Å². The number of sulfonamides is 1. The van der Waals surface area contributed by atoms with Crippen LogP contribution >= 0.6 is 0 Å². The Hall–Kier alpha value is -3.15. The first-order valence-corrected chi connectivity index (χ1v) is 10.9. The van der Waals surface area contributed by atoms with Gasteiger partial charge in [-0.1, -0.05) is 6.07 Å². The minimum Gasteiger partial charge on any atom is -0.493 e. The molecule has 0 saturated carbocycles. The van der Waals surface area contributed by atoms with Crippen LogP contribution in [0.15, 0.2) is 36.4 Å². The van der Waals surface area contributed by atoms with Gasteiger partial charge in [0.15, 0.2) is 11.6 Å². The van der Waals surface area contributed by atoms with Crippen LogP contribution < -0.4 is 14.8 Å². The minimum atomic E-state index is -4.55. The molecule has 0 aromatic heterocycles. The Labute approximate surface area is 181 Å². The molecule has 12 heteroatoms. The smallest absolute Gasteiger partial charge is 0.416 e. The highest BCUT2D eigenvalue weighted by molar-refractivity contribution is 7.92. The summed E-state index contributed by atoms with van der Waals surface area (Å²) in [6.45, 7) is 1.41. The standard InChI is InChI=1S/C20H19F5N2O4S/c1-3-31-17-10-14(20(23,24)25)6-4-13(17)5-7-18(28)26-11-12-8-15(21)19(16(22)9-12)27-32(2,29)30/h4-10,27H,3,11H2,1-2H3,(H,26,28)/b7-5-. The van der Waals surface area contributed by atoms with Gasteiger partial charge in [-0.05, 0) is 42.8 Å². The third kappa shape index (κ3) is 7.22. The lowest BCUT2D eigenvalue weighted by molar-refractivity contribution is -0.137. The zero-order chi connectivity index (χ0) is 24.1. The lowest BCUT2D eigenvalue weighted by Crippen LogP contribution is -2.21. The molecule has 0 saturated heterocycles. The number of nitrogens with one attached hydrogen (secondary N) is 2. The molecule has 0 aliphatic rings. The number of anilines is 1. The first-order chi connectivity index (χ1) is 14.8. The van der Waals surface area contributed by atoms with Gasteiger partial charge in [0.05, 0.1) is 18.4 Å². The monoisotopic (exact) mass is 478 g/mol. The fourth-order valence-corrected chi connectivity index (χ4v) is 3.12. The van der Waals surface area contributed by atoms with Gasteiger partial charge in [0.1, 0.15) is 11.4 Å². The molecule has 2 N–H and O–H groups in total. The summed E-state index contributed by atoms with van der Waals surface area (Å²) in [6, 6.07) is 4.51. The lowest BCUT2D eigenvalue weighted by Gasteiger charge is -2.12. The number of benzene rings is 2. The van der Waals surface area contributed by atoms with E-state index in [1.165, 1.54) is 6.08 Å². The van der Waals surface area contributed by atoms with Crippen LogP contribution in [0.2, 0.25) is 0 Å². The average molecular weight is 478 g/mol. The van der Waals surface area contributed by atoms with Crippen LogP contribution in [-0.2, 0) is 27.5 Å². The molecule has 0 radical (unpaired) electrons. The number of alkyl halides is 3. The van der Waals surface area contributed by atoms with Gasteiger partial charge in [-0.15, -0.1) is 0 Å². The summed E-state index contributed by atoms with van der Waals surface area (Å²) in [7, 11) is -3.89. The highest BCUT2D eigenvalue weighted by atomic mass is 32.2. The number of amides is 1. The Morgan fingerprint density at radius 3 is 2.28 bits per heavy atom. The van der Waals surface area contributed by atoms with Crippen LogP contribution in [0.3, 0.4) is 0 Å². The van der Waals surface area contributed by atoms with Crippen molar-refractivity contribution in [2.75, 3.05) is 17.6 Å². The second kappa shape index (κ2) is 9.98. The van der Waals surface area contributed by atoms with Gasteiger partial charge in [0.2, 0.25) is 15.9 Å². The van der Waals surface area contributed by atoms with Crippen molar-refractivity contribution >= 4 is 27.7 Å². The molecule has 2 aromatic carbocycles. The number of hydrogen-bond donors (Lipinski definition) is 2.